The molecule has 0 saturated heterocycles. The van der Waals surface area contributed by atoms with Crippen molar-refractivity contribution in [2.75, 3.05) is 6.61 Å². The Balaban J connectivity index is 1.85. The molecule has 0 aliphatic heterocycles. The summed E-state index contributed by atoms with van der Waals surface area (Å²) in [5.74, 6) is 0.738. The molecule has 0 N–H and O–H groups in total. The van der Waals surface area contributed by atoms with Crippen LogP contribution in [-0.2, 0) is 4.74 Å². The van der Waals surface area contributed by atoms with Gasteiger partial charge in [0.1, 0.15) is 0 Å². The molecule has 1 aromatic rings. The van der Waals surface area contributed by atoms with E-state index in [0.29, 0.717) is 0 Å². The first kappa shape index (κ1) is 10.7. The van der Waals surface area contributed by atoms with E-state index in [0.717, 1.165) is 18.1 Å². The maximum Gasteiger partial charge on any atom is 0.269 e. The Bertz CT molecular complexity index is 393. The molecule has 0 bridgehead atoms. The Morgan fingerprint density at radius 1 is 1.38 bits per heavy atom. The fourth-order valence-corrected chi connectivity index (χ4v) is 1.31. The van der Waals surface area contributed by atoms with E-state index in [9.17, 15) is 10.1 Å². The van der Waals surface area contributed by atoms with E-state index >= 15 is 0 Å². The number of benzene rings is 1. The molecular weight excluding hydrogens is 206 g/mol. The molecule has 1 saturated carbocycles. The Hall–Kier alpha value is -1.84. The second-order valence-corrected chi connectivity index (χ2v) is 3.93. The van der Waals surface area contributed by atoms with Gasteiger partial charge in [0.15, 0.2) is 0 Å². The summed E-state index contributed by atoms with van der Waals surface area (Å²) in [6.07, 6.45) is 6.00. The maximum atomic E-state index is 10.4. The van der Waals surface area contributed by atoms with E-state index in [1.807, 2.05) is 6.08 Å². The van der Waals surface area contributed by atoms with Gasteiger partial charge in [0.25, 0.3) is 5.69 Å². The van der Waals surface area contributed by atoms with E-state index in [-0.39, 0.29) is 5.69 Å². The molecule has 16 heavy (non-hydrogen) atoms. The summed E-state index contributed by atoms with van der Waals surface area (Å²) < 4.78 is 5.32. The highest BCUT2D eigenvalue weighted by molar-refractivity contribution is 5.50. The van der Waals surface area contributed by atoms with Crippen molar-refractivity contribution < 1.29 is 9.66 Å². The third-order valence-electron chi connectivity index (χ3n) is 2.49. The van der Waals surface area contributed by atoms with Crippen LogP contribution in [0.1, 0.15) is 18.4 Å². The lowest BCUT2D eigenvalue weighted by Gasteiger charge is -1.97. The molecule has 0 heterocycles. The van der Waals surface area contributed by atoms with E-state index in [1.165, 1.54) is 25.0 Å². The summed E-state index contributed by atoms with van der Waals surface area (Å²) in [4.78, 5) is 10.0. The van der Waals surface area contributed by atoms with E-state index in [2.05, 4.69) is 0 Å². The molecule has 0 spiro atoms. The molecule has 0 radical (unpaired) electrons. The zero-order valence-corrected chi connectivity index (χ0v) is 8.83. The Kier molecular flexibility index (Phi) is 3.19. The fourth-order valence-electron chi connectivity index (χ4n) is 1.31. The van der Waals surface area contributed by atoms with Crippen LogP contribution in [0.5, 0.6) is 0 Å². The molecule has 84 valence electrons. The normalized spacial score (nSPS) is 15.2. The minimum atomic E-state index is -0.406. The lowest BCUT2D eigenvalue weighted by atomic mass is 10.2. The maximum absolute atomic E-state index is 10.4. The molecule has 4 nitrogen and oxygen atoms in total. The molecule has 0 amide bonds. The van der Waals surface area contributed by atoms with Crippen molar-refractivity contribution in [2.24, 2.45) is 5.92 Å². The van der Waals surface area contributed by atoms with Gasteiger partial charge >= 0.3 is 0 Å². The van der Waals surface area contributed by atoms with Crippen LogP contribution >= 0.6 is 0 Å². The van der Waals surface area contributed by atoms with Crippen LogP contribution in [0.4, 0.5) is 5.69 Å². The van der Waals surface area contributed by atoms with Gasteiger partial charge in [-0.05, 0) is 42.5 Å². The van der Waals surface area contributed by atoms with Crippen LogP contribution in [0.3, 0.4) is 0 Å². The summed E-state index contributed by atoms with van der Waals surface area (Å²) >= 11 is 0. The van der Waals surface area contributed by atoms with Crippen molar-refractivity contribution in [2.45, 2.75) is 12.8 Å². The first-order valence-corrected chi connectivity index (χ1v) is 5.28. The van der Waals surface area contributed by atoms with E-state index in [1.54, 1.807) is 18.4 Å². The number of nitrogens with zero attached hydrogens (tertiary/aromatic N) is 1. The highest BCUT2D eigenvalue weighted by Crippen LogP contribution is 2.28. The fraction of sp³-hybridized carbons (Fsp3) is 0.333. The Morgan fingerprint density at radius 2 is 2.06 bits per heavy atom. The number of non-ortho nitro benzene ring substituents is 1. The molecule has 1 aromatic carbocycles. The molecule has 4 heteroatoms. The molecule has 2 rings (SSSR count). The average molecular weight is 219 g/mol. The van der Waals surface area contributed by atoms with Crippen molar-refractivity contribution in [3.05, 3.63) is 46.2 Å². The van der Waals surface area contributed by atoms with Crippen LogP contribution in [0, 0.1) is 16.0 Å². The number of hydrogen-bond donors (Lipinski definition) is 0. The van der Waals surface area contributed by atoms with Crippen molar-refractivity contribution in [3.8, 4) is 0 Å². The van der Waals surface area contributed by atoms with Crippen molar-refractivity contribution >= 4 is 11.8 Å². The zero-order chi connectivity index (χ0) is 11.4. The highest BCUT2D eigenvalue weighted by Gasteiger charge is 2.20. The van der Waals surface area contributed by atoms with Crippen LogP contribution in [0.25, 0.3) is 6.08 Å². The Labute approximate surface area is 93.7 Å². The quantitative estimate of drug-likeness (QED) is 0.434. The van der Waals surface area contributed by atoms with Gasteiger partial charge in [-0.2, -0.15) is 0 Å². The van der Waals surface area contributed by atoms with E-state index < -0.39 is 4.92 Å². The summed E-state index contributed by atoms with van der Waals surface area (Å²) in [6.45, 7) is 0.781. The highest BCUT2D eigenvalue weighted by atomic mass is 16.6. The van der Waals surface area contributed by atoms with Gasteiger partial charge in [0.2, 0.25) is 0 Å². The predicted octanol–water partition coefficient (Wildman–Crippen LogP) is 2.99. The lowest BCUT2D eigenvalue weighted by Crippen LogP contribution is -1.88. The average Bonchev–Trinajstić information content (AvgIpc) is 3.09. The first-order chi connectivity index (χ1) is 7.75. The van der Waals surface area contributed by atoms with Crippen molar-refractivity contribution in [3.63, 3.8) is 0 Å². The lowest BCUT2D eigenvalue weighted by molar-refractivity contribution is -0.384. The van der Waals surface area contributed by atoms with Gasteiger partial charge in [0, 0.05) is 12.1 Å². The van der Waals surface area contributed by atoms with Gasteiger partial charge in [0.05, 0.1) is 17.8 Å². The SMILES string of the molecule is O=[N+]([O-])c1ccc(/C=C/OCC2CC2)cc1. The summed E-state index contributed by atoms with van der Waals surface area (Å²) in [6, 6.07) is 6.38. The van der Waals surface area contributed by atoms with Crippen LogP contribution < -0.4 is 0 Å². The standard InChI is InChI=1S/C12H13NO3/c14-13(15)12-5-3-10(4-6-12)7-8-16-9-11-1-2-11/h3-8,11H,1-2,9H2/b8-7+. The summed E-state index contributed by atoms with van der Waals surface area (Å²) in [7, 11) is 0. The van der Waals surface area contributed by atoms with E-state index in [4.69, 9.17) is 4.74 Å². The summed E-state index contributed by atoms with van der Waals surface area (Å²) in [5.41, 5.74) is 1.01. The van der Waals surface area contributed by atoms with Gasteiger partial charge in [-0.25, -0.2) is 0 Å². The predicted molar refractivity (Wildman–Crippen MR) is 60.8 cm³/mol. The third kappa shape index (κ3) is 3.08. The molecule has 1 aliphatic carbocycles. The minimum Gasteiger partial charge on any atom is -0.501 e. The number of rotatable bonds is 5. The van der Waals surface area contributed by atoms with Crippen molar-refractivity contribution in [1.82, 2.24) is 0 Å². The number of hydrogen-bond acceptors (Lipinski definition) is 3. The number of nitro benzene ring substituents is 1. The van der Waals surface area contributed by atoms with Crippen molar-refractivity contribution in [1.29, 1.82) is 0 Å². The second-order valence-electron chi connectivity index (χ2n) is 3.93. The van der Waals surface area contributed by atoms with Gasteiger partial charge in [-0.15, -0.1) is 0 Å². The number of ether oxygens (including phenoxy) is 1. The van der Waals surface area contributed by atoms with Crippen LogP contribution in [0.2, 0.25) is 0 Å². The molecule has 1 aliphatic rings. The minimum absolute atomic E-state index is 0.107. The Morgan fingerprint density at radius 3 is 2.62 bits per heavy atom. The zero-order valence-electron chi connectivity index (χ0n) is 8.83. The van der Waals surface area contributed by atoms with Crippen LogP contribution in [0.15, 0.2) is 30.5 Å². The molecule has 0 aromatic heterocycles. The third-order valence-corrected chi connectivity index (χ3v) is 2.49. The molecular formula is C12H13NO3. The summed E-state index contributed by atoms with van der Waals surface area (Å²) in [5, 5.41) is 10.4. The van der Waals surface area contributed by atoms with Crippen LogP contribution in [-0.4, -0.2) is 11.5 Å². The topological polar surface area (TPSA) is 52.4 Å². The second kappa shape index (κ2) is 4.79. The smallest absolute Gasteiger partial charge is 0.269 e. The van der Waals surface area contributed by atoms with Gasteiger partial charge in [-0.3, -0.25) is 10.1 Å². The number of nitro groups is 1. The monoisotopic (exact) mass is 219 g/mol. The molecule has 1 fully saturated rings. The largest absolute Gasteiger partial charge is 0.501 e. The van der Waals surface area contributed by atoms with Gasteiger partial charge in [-0.1, -0.05) is 0 Å². The molecule has 0 unspecified atom stereocenters. The molecule has 0 atom stereocenters. The first-order valence-electron chi connectivity index (χ1n) is 5.28. The van der Waals surface area contributed by atoms with Gasteiger partial charge < -0.3 is 4.74 Å².